The average molecular weight is 564 g/mol. The molecular weight excluding hydrogens is 517 g/mol. The van der Waals surface area contributed by atoms with Crippen molar-refractivity contribution in [3.63, 3.8) is 0 Å². The minimum Gasteiger partial charge on any atom is -0.481 e. The molecule has 3 fully saturated rings. The lowest BCUT2D eigenvalue weighted by molar-refractivity contribution is -0.155. The van der Waals surface area contributed by atoms with E-state index in [1.165, 1.54) is 0 Å². The van der Waals surface area contributed by atoms with Crippen LogP contribution < -0.4 is 0 Å². The van der Waals surface area contributed by atoms with Gasteiger partial charge in [0, 0.05) is 30.9 Å². The first-order valence-electron chi connectivity index (χ1n) is 15.4. The molecule has 1 N–H and O–H groups in total. The van der Waals surface area contributed by atoms with Gasteiger partial charge in [-0.2, -0.15) is 0 Å². The van der Waals surface area contributed by atoms with Crippen LogP contribution in [0.4, 0.5) is 4.39 Å². The highest BCUT2D eigenvalue weighted by Gasteiger charge is 2.55. The van der Waals surface area contributed by atoms with Gasteiger partial charge < -0.3 is 14.9 Å². The standard InChI is InChI=1S/C32H40FN3O3.C2H6/c1-5-25-15-28(30(37)36-12-8-6-7-9-21(36)3)34-29(35(25)4)13-20(2)26-11-10-22(14-27(26)33)23-16-32(17-23)18-24(19-32)31(38)39;1-2/h10-11,13-15,21,23-24H,2,5-9,12,16-19H2,1,3-4H3,(H,38,39);1-2H3/b29-13-;. The van der Waals surface area contributed by atoms with Crippen LogP contribution in [0.5, 0.6) is 0 Å². The number of benzene rings is 1. The first kappa shape index (κ1) is 30.7. The summed E-state index contributed by atoms with van der Waals surface area (Å²) < 4.78 is 15.3. The fourth-order valence-corrected chi connectivity index (χ4v) is 6.93. The Bertz CT molecular complexity index is 1270. The molecule has 2 heterocycles. The quantitative estimate of drug-likeness (QED) is 0.388. The molecule has 4 aliphatic rings. The van der Waals surface area contributed by atoms with Gasteiger partial charge in [-0.25, -0.2) is 9.38 Å². The molecule has 1 aromatic carbocycles. The summed E-state index contributed by atoms with van der Waals surface area (Å²) in [6.45, 7) is 13.0. The van der Waals surface area contributed by atoms with E-state index in [0.717, 1.165) is 75.6 Å². The van der Waals surface area contributed by atoms with Crippen LogP contribution in [0.15, 0.2) is 53.4 Å². The van der Waals surface area contributed by atoms with E-state index in [2.05, 4.69) is 13.5 Å². The zero-order valence-corrected chi connectivity index (χ0v) is 25.4. The van der Waals surface area contributed by atoms with Gasteiger partial charge >= 0.3 is 5.97 Å². The number of halogens is 1. The highest BCUT2D eigenvalue weighted by molar-refractivity contribution is 6.43. The molecule has 222 valence electrons. The van der Waals surface area contributed by atoms with E-state index in [0.29, 0.717) is 22.7 Å². The SMILES string of the molecule is C=C(/C=C1/N=C(C(=O)N2CCCCCC2C)C=C(CC)N1C)c1ccc(C2CC3(CC(C(=O)O)C3)C2)cc1F.CC. The Morgan fingerprint density at radius 2 is 1.88 bits per heavy atom. The number of aliphatic carboxylic acids is 1. The van der Waals surface area contributed by atoms with Crippen LogP contribution in [-0.4, -0.2) is 52.1 Å². The largest absolute Gasteiger partial charge is 0.481 e. The molecule has 6 nitrogen and oxygen atoms in total. The second kappa shape index (κ2) is 12.7. The van der Waals surface area contributed by atoms with Crippen LogP contribution in [-0.2, 0) is 9.59 Å². The molecule has 7 heteroatoms. The van der Waals surface area contributed by atoms with Crippen LogP contribution in [0, 0.1) is 17.2 Å². The van der Waals surface area contributed by atoms with Gasteiger partial charge in [-0.05, 0) is 92.6 Å². The second-order valence-electron chi connectivity index (χ2n) is 12.1. The van der Waals surface area contributed by atoms with Crippen molar-refractivity contribution in [3.05, 3.63) is 65.4 Å². The highest BCUT2D eigenvalue weighted by Crippen LogP contribution is 2.64. The predicted molar refractivity (Wildman–Crippen MR) is 163 cm³/mol. The van der Waals surface area contributed by atoms with Crippen molar-refractivity contribution in [2.75, 3.05) is 13.6 Å². The number of hydrogen-bond donors (Lipinski definition) is 1. The summed E-state index contributed by atoms with van der Waals surface area (Å²) >= 11 is 0. The number of carbonyl (C=O) groups is 2. The number of likely N-dealkylation sites (tertiary alicyclic amines) is 1. The lowest BCUT2D eigenvalue weighted by Crippen LogP contribution is -2.48. The van der Waals surface area contributed by atoms with Crippen LogP contribution in [0.3, 0.4) is 0 Å². The number of carboxylic acids is 1. The number of carbonyl (C=O) groups excluding carboxylic acids is 1. The van der Waals surface area contributed by atoms with Gasteiger partial charge in [-0.3, -0.25) is 9.59 Å². The van der Waals surface area contributed by atoms with Crippen LogP contribution in [0.2, 0.25) is 0 Å². The van der Waals surface area contributed by atoms with E-state index in [9.17, 15) is 14.7 Å². The number of nitrogens with zero attached hydrogens (tertiary/aromatic N) is 3. The van der Waals surface area contributed by atoms with Crippen molar-refractivity contribution >= 4 is 23.2 Å². The Labute approximate surface area is 244 Å². The lowest BCUT2D eigenvalue weighted by atomic mass is 9.47. The number of carboxylic acid groups (broad SMARTS) is 1. The lowest BCUT2D eigenvalue weighted by Gasteiger charge is -2.57. The van der Waals surface area contributed by atoms with Crippen molar-refractivity contribution in [3.8, 4) is 0 Å². The maximum absolute atomic E-state index is 15.3. The van der Waals surface area contributed by atoms with Crippen LogP contribution in [0.25, 0.3) is 5.57 Å². The van der Waals surface area contributed by atoms with E-state index < -0.39 is 5.97 Å². The molecule has 0 bridgehead atoms. The third-order valence-electron chi connectivity index (χ3n) is 9.39. The minimum atomic E-state index is -0.699. The Morgan fingerprint density at radius 1 is 1.17 bits per heavy atom. The van der Waals surface area contributed by atoms with Crippen molar-refractivity contribution in [2.24, 2.45) is 16.3 Å². The van der Waals surface area contributed by atoms with Gasteiger partial charge in [0.1, 0.15) is 17.3 Å². The molecule has 2 saturated carbocycles. The number of aliphatic imine (C=N–C) groups is 1. The normalized spacial score (nSPS) is 28.4. The maximum atomic E-state index is 15.3. The second-order valence-corrected chi connectivity index (χ2v) is 12.1. The molecule has 41 heavy (non-hydrogen) atoms. The molecule has 1 unspecified atom stereocenters. The zero-order chi connectivity index (χ0) is 29.9. The van der Waals surface area contributed by atoms with Crippen molar-refractivity contribution in [1.29, 1.82) is 0 Å². The predicted octanol–water partition coefficient (Wildman–Crippen LogP) is 7.54. The maximum Gasteiger partial charge on any atom is 0.306 e. The number of hydrogen-bond acceptors (Lipinski definition) is 4. The Balaban J connectivity index is 0.00000189. The first-order chi connectivity index (χ1) is 19.6. The van der Waals surface area contributed by atoms with Gasteiger partial charge in [0.25, 0.3) is 5.91 Å². The molecule has 2 aliphatic heterocycles. The minimum absolute atomic E-state index is 0.0464. The Morgan fingerprint density at radius 3 is 2.51 bits per heavy atom. The molecule has 1 atom stereocenters. The summed E-state index contributed by atoms with van der Waals surface area (Å²) in [5.74, 6) is -0.433. The van der Waals surface area contributed by atoms with E-state index in [1.54, 1.807) is 18.2 Å². The van der Waals surface area contributed by atoms with Crippen LogP contribution >= 0.6 is 0 Å². The molecular formula is C34H46FN3O3. The van der Waals surface area contributed by atoms with Gasteiger partial charge in [0.05, 0.1) is 5.92 Å². The topological polar surface area (TPSA) is 73.2 Å². The monoisotopic (exact) mass is 563 g/mol. The molecule has 5 rings (SSSR count). The molecule has 0 aromatic heterocycles. The molecule has 1 amide bonds. The third kappa shape index (κ3) is 6.34. The summed E-state index contributed by atoms with van der Waals surface area (Å²) in [4.78, 5) is 33.3. The summed E-state index contributed by atoms with van der Waals surface area (Å²) in [6.07, 6.45) is 12.0. The molecule has 1 saturated heterocycles. The number of allylic oxidation sites excluding steroid dienone is 3. The summed E-state index contributed by atoms with van der Waals surface area (Å²) in [6, 6.07) is 5.53. The van der Waals surface area contributed by atoms with Crippen molar-refractivity contribution in [2.45, 2.75) is 97.4 Å². The summed E-state index contributed by atoms with van der Waals surface area (Å²) in [5, 5.41) is 9.18. The van der Waals surface area contributed by atoms with Crippen molar-refractivity contribution in [1.82, 2.24) is 9.80 Å². The van der Waals surface area contributed by atoms with E-state index in [1.807, 2.05) is 49.8 Å². The Hall–Kier alpha value is -3.22. The fourth-order valence-electron chi connectivity index (χ4n) is 6.93. The smallest absolute Gasteiger partial charge is 0.306 e. The average Bonchev–Trinajstić information content (AvgIpc) is 3.12. The van der Waals surface area contributed by atoms with Crippen LogP contribution in [0.1, 0.15) is 103 Å². The molecule has 1 aromatic rings. The fraction of sp³-hybridized carbons (Fsp3) is 0.559. The Kier molecular flexibility index (Phi) is 9.55. The van der Waals surface area contributed by atoms with E-state index in [-0.39, 0.29) is 35.0 Å². The van der Waals surface area contributed by atoms with Gasteiger partial charge in [-0.1, -0.05) is 52.3 Å². The van der Waals surface area contributed by atoms with E-state index >= 15 is 4.39 Å². The third-order valence-corrected chi connectivity index (χ3v) is 9.39. The van der Waals surface area contributed by atoms with Gasteiger partial charge in [-0.15, -0.1) is 0 Å². The van der Waals surface area contributed by atoms with Gasteiger partial charge in [0.2, 0.25) is 0 Å². The number of rotatable bonds is 6. The summed E-state index contributed by atoms with van der Waals surface area (Å²) in [5.41, 5.74) is 3.43. The molecule has 1 spiro atoms. The van der Waals surface area contributed by atoms with Gasteiger partial charge in [0.15, 0.2) is 0 Å². The van der Waals surface area contributed by atoms with Crippen molar-refractivity contribution < 1.29 is 19.1 Å². The summed E-state index contributed by atoms with van der Waals surface area (Å²) in [7, 11) is 1.91. The molecule has 0 radical (unpaired) electrons. The molecule has 2 aliphatic carbocycles. The zero-order valence-electron chi connectivity index (χ0n) is 25.4. The number of amides is 1. The highest BCUT2D eigenvalue weighted by atomic mass is 19.1. The first-order valence-corrected chi connectivity index (χ1v) is 15.4. The van der Waals surface area contributed by atoms with E-state index in [4.69, 9.17) is 4.99 Å².